The molecular formula is C46H50ClN3O4. The molecule has 0 radical (unpaired) electrons. The number of carbonyl (C=O) groups excluding carboxylic acids is 1. The smallest absolute Gasteiger partial charge is 0.246 e. The van der Waals surface area contributed by atoms with Gasteiger partial charge in [-0.1, -0.05) is 91.7 Å². The van der Waals surface area contributed by atoms with Gasteiger partial charge in [-0.15, -0.1) is 0 Å². The van der Waals surface area contributed by atoms with Crippen LogP contribution in [0.15, 0.2) is 109 Å². The number of hydrogen-bond donors (Lipinski definition) is 0. The minimum absolute atomic E-state index is 0.0116. The van der Waals surface area contributed by atoms with Crippen molar-refractivity contribution in [2.45, 2.75) is 60.1 Å². The lowest BCUT2D eigenvalue weighted by Crippen LogP contribution is -2.47. The summed E-state index contributed by atoms with van der Waals surface area (Å²) in [4.78, 5) is 22.0. The van der Waals surface area contributed by atoms with Crippen LogP contribution in [-0.2, 0) is 24.4 Å². The highest BCUT2D eigenvalue weighted by atomic mass is 35.5. The summed E-state index contributed by atoms with van der Waals surface area (Å²) in [5, 5.41) is 0.453. The predicted octanol–water partition coefficient (Wildman–Crippen LogP) is 10.2. The highest BCUT2D eigenvalue weighted by molar-refractivity contribution is 6.32. The van der Waals surface area contributed by atoms with Gasteiger partial charge in [0, 0.05) is 51.3 Å². The first kappa shape index (κ1) is 38.6. The van der Waals surface area contributed by atoms with Gasteiger partial charge in [0.1, 0.15) is 18.1 Å². The minimum atomic E-state index is 0.0116. The monoisotopic (exact) mass is 743 g/mol. The van der Waals surface area contributed by atoms with Crippen molar-refractivity contribution in [2.24, 2.45) is 0 Å². The predicted molar refractivity (Wildman–Crippen MR) is 218 cm³/mol. The normalized spacial score (nSPS) is 13.6. The van der Waals surface area contributed by atoms with Gasteiger partial charge >= 0.3 is 0 Å². The molecule has 1 saturated heterocycles. The molecule has 5 aromatic rings. The fourth-order valence-electron chi connectivity index (χ4n) is 6.35. The third-order valence-electron chi connectivity index (χ3n) is 9.79. The largest absolute Gasteiger partial charge is 0.493 e. The molecule has 0 bridgehead atoms. The number of benzene rings is 4. The molecule has 1 aromatic heterocycles. The maximum absolute atomic E-state index is 13.3. The van der Waals surface area contributed by atoms with Gasteiger partial charge in [0.2, 0.25) is 11.8 Å². The van der Waals surface area contributed by atoms with Crippen molar-refractivity contribution in [1.29, 1.82) is 0 Å². The van der Waals surface area contributed by atoms with Gasteiger partial charge in [-0.05, 0) is 96.0 Å². The summed E-state index contributed by atoms with van der Waals surface area (Å²) in [6.45, 7) is 15.3. The Balaban J connectivity index is 0.944. The number of carbonyl (C=O) groups is 1. The minimum Gasteiger partial charge on any atom is -0.493 e. The molecule has 1 fully saturated rings. The van der Waals surface area contributed by atoms with Crippen molar-refractivity contribution in [3.05, 3.63) is 153 Å². The van der Waals surface area contributed by atoms with Crippen molar-refractivity contribution in [3.8, 4) is 23.1 Å². The summed E-state index contributed by atoms with van der Waals surface area (Å²) in [5.74, 6) is 3.04. The third kappa shape index (κ3) is 10.7. The van der Waals surface area contributed by atoms with Crippen LogP contribution in [0.25, 0.3) is 5.57 Å². The van der Waals surface area contributed by atoms with E-state index in [1.54, 1.807) is 18.3 Å². The summed E-state index contributed by atoms with van der Waals surface area (Å²) >= 11 is 6.71. The summed E-state index contributed by atoms with van der Waals surface area (Å²) in [6, 6.07) is 32.8. The number of halogens is 1. The number of allylic oxidation sites excluding steroid dienone is 1. The summed E-state index contributed by atoms with van der Waals surface area (Å²) in [6.07, 6.45) is 4.21. The molecule has 0 aliphatic carbocycles. The van der Waals surface area contributed by atoms with Gasteiger partial charge in [-0.3, -0.25) is 9.69 Å². The van der Waals surface area contributed by atoms with E-state index < -0.39 is 0 Å². The molecule has 1 aliphatic rings. The number of aryl methyl sites for hydroxylation is 2. The molecule has 0 N–H and O–H groups in total. The van der Waals surface area contributed by atoms with Crippen LogP contribution >= 0.6 is 11.6 Å². The van der Waals surface area contributed by atoms with Crippen LogP contribution in [0.2, 0.25) is 5.02 Å². The Hall–Kier alpha value is -5.11. The first-order valence-electron chi connectivity index (χ1n) is 18.7. The van der Waals surface area contributed by atoms with E-state index in [1.165, 1.54) is 22.3 Å². The Labute approximate surface area is 325 Å². The van der Waals surface area contributed by atoms with Crippen molar-refractivity contribution in [1.82, 2.24) is 14.8 Å². The lowest BCUT2D eigenvalue weighted by Gasteiger charge is -2.34. The summed E-state index contributed by atoms with van der Waals surface area (Å²) in [7, 11) is 0. The van der Waals surface area contributed by atoms with E-state index in [9.17, 15) is 4.79 Å². The molecule has 6 rings (SSSR count). The van der Waals surface area contributed by atoms with E-state index >= 15 is 0 Å². The average molecular weight is 744 g/mol. The standard InChI is InChI=1S/C46H50ClN3O4/c1-32(2)39-14-16-41(17-15-39)52-25-20-36-10-12-37(13-11-36)30-49-21-23-50(24-22-49)45(51)27-34(4)40-26-35(5)46(43(47)28-40)54-44-19-18-42(29-48-44)53-31-38-8-6-33(3)7-9-38/h6-19,26-29,32H,20-25,30-31H2,1-5H3/b34-27+. The zero-order valence-electron chi connectivity index (χ0n) is 32.0. The lowest BCUT2D eigenvalue weighted by atomic mass is 10.0. The first-order valence-corrected chi connectivity index (χ1v) is 19.1. The molecule has 54 heavy (non-hydrogen) atoms. The van der Waals surface area contributed by atoms with Gasteiger partial charge < -0.3 is 19.1 Å². The summed E-state index contributed by atoms with van der Waals surface area (Å²) in [5.41, 5.74) is 8.73. The molecule has 1 aliphatic heterocycles. The molecule has 4 aromatic carbocycles. The molecule has 0 atom stereocenters. The number of pyridine rings is 1. The van der Waals surface area contributed by atoms with Crippen molar-refractivity contribution >= 4 is 23.1 Å². The first-order chi connectivity index (χ1) is 26.1. The quantitative estimate of drug-likeness (QED) is 0.106. The molecule has 7 nitrogen and oxygen atoms in total. The zero-order valence-corrected chi connectivity index (χ0v) is 32.7. The Morgan fingerprint density at radius 3 is 2.13 bits per heavy atom. The molecule has 2 heterocycles. The average Bonchev–Trinajstić information content (AvgIpc) is 3.17. The van der Waals surface area contributed by atoms with Crippen LogP contribution in [-0.4, -0.2) is 53.5 Å². The second-order valence-electron chi connectivity index (χ2n) is 14.4. The fourth-order valence-corrected chi connectivity index (χ4v) is 6.65. The Kier molecular flexibility index (Phi) is 13.1. The SMILES string of the molecule is C/C(=C\C(=O)N1CCN(Cc2ccc(CCOc3ccc(C(C)C)cc3)cc2)CC1)c1cc(C)c(Oc2ccc(OCc3ccc(C)cc3)cn2)c(Cl)c1. The Bertz CT molecular complexity index is 1990. The maximum Gasteiger partial charge on any atom is 0.246 e. The van der Waals surface area contributed by atoms with E-state index in [0.29, 0.717) is 54.6 Å². The van der Waals surface area contributed by atoms with Crippen molar-refractivity contribution in [2.75, 3.05) is 32.8 Å². The van der Waals surface area contributed by atoms with Crippen LogP contribution in [0.4, 0.5) is 0 Å². The van der Waals surface area contributed by atoms with Crippen LogP contribution in [0.5, 0.6) is 23.1 Å². The lowest BCUT2D eigenvalue weighted by molar-refractivity contribution is -0.127. The number of ether oxygens (including phenoxy) is 3. The van der Waals surface area contributed by atoms with E-state index in [2.05, 4.69) is 103 Å². The van der Waals surface area contributed by atoms with E-state index in [0.717, 1.165) is 54.1 Å². The molecular weight excluding hydrogens is 694 g/mol. The van der Waals surface area contributed by atoms with Gasteiger partial charge in [0.05, 0.1) is 17.8 Å². The molecule has 1 amide bonds. The number of nitrogens with zero attached hydrogens (tertiary/aromatic N) is 3. The Morgan fingerprint density at radius 1 is 0.815 bits per heavy atom. The van der Waals surface area contributed by atoms with Gasteiger partial charge in [-0.25, -0.2) is 4.98 Å². The van der Waals surface area contributed by atoms with Gasteiger partial charge in [0.25, 0.3) is 0 Å². The summed E-state index contributed by atoms with van der Waals surface area (Å²) < 4.78 is 17.9. The highest BCUT2D eigenvalue weighted by Crippen LogP contribution is 2.35. The Morgan fingerprint density at radius 2 is 1.48 bits per heavy atom. The van der Waals surface area contributed by atoms with Crippen molar-refractivity contribution < 1.29 is 19.0 Å². The van der Waals surface area contributed by atoms with E-state index in [4.69, 9.17) is 25.8 Å². The second-order valence-corrected chi connectivity index (χ2v) is 14.8. The van der Waals surface area contributed by atoms with Crippen molar-refractivity contribution in [3.63, 3.8) is 0 Å². The molecule has 0 unspecified atom stereocenters. The van der Waals surface area contributed by atoms with Crippen LogP contribution in [0.1, 0.15) is 65.6 Å². The zero-order chi connectivity index (χ0) is 38.0. The second kappa shape index (κ2) is 18.3. The number of amides is 1. The highest BCUT2D eigenvalue weighted by Gasteiger charge is 2.21. The molecule has 0 spiro atoms. The number of piperazine rings is 1. The third-order valence-corrected chi connectivity index (χ3v) is 10.1. The number of aromatic nitrogens is 1. The number of rotatable bonds is 14. The van der Waals surface area contributed by atoms with Crippen LogP contribution in [0, 0.1) is 13.8 Å². The number of hydrogen-bond acceptors (Lipinski definition) is 6. The topological polar surface area (TPSA) is 64.1 Å². The van der Waals surface area contributed by atoms with E-state index in [-0.39, 0.29) is 5.91 Å². The van der Waals surface area contributed by atoms with Gasteiger partial charge in [0.15, 0.2) is 5.75 Å². The van der Waals surface area contributed by atoms with Gasteiger partial charge in [-0.2, -0.15) is 0 Å². The van der Waals surface area contributed by atoms with Crippen LogP contribution in [0.3, 0.4) is 0 Å². The van der Waals surface area contributed by atoms with Crippen LogP contribution < -0.4 is 14.2 Å². The fraction of sp³-hybridized carbons (Fsp3) is 0.304. The molecule has 280 valence electrons. The molecule has 0 saturated carbocycles. The molecule has 8 heteroatoms. The maximum atomic E-state index is 13.3. The van der Waals surface area contributed by atoms with E-state index in [1.807, 2.05) is 36.9 Å².